The summed E-state index contributed by atoms with van der Waals surface area (Å²) in [5, 5.41) is 12.6. The summed E-state index contributed by atoms with van der Waals surface area (Å²) in [6, 6.07) is 9.58. The molecule has 0 amide bonds. The fraction of sp³-hybridized carbons (Fsp3) is 0.452. The summed E-state index contributed by atoms with van der Waals surface area (Å²) >= 11 is 0. The van der Waals surface area contributed by atoms with Crippen LogP contribution in [0.2, 0.25) is 0 Å². The first-order valence-electron chi connectivity index (χ1n) is 13.6. The molecule has 38 heavy (non-hydrogen) atoms. The molecule has 2 aliphatic carbocycles. The van der Waals surface area contributed by atoms with Crippen LogP contribution in [0.1, 0.15) is 81.4 Å². The predicted octanol–water partition coefficient (Wildman–Crippen LogP) is 6.35. The zero-order chi connectivity index (χ0) is 26.8. The smallest absolute Gasteiger partial charge is 0.200 e. The van der Waals surface area contributed by atoms with Gasteiger partial charge in [0.25, 0.3) is 0 Å². The first kappa shape index (κ1) is 25.0. The number of hydrogen-bond acceptors (Lipinski definition) is 5. The van der Waals surface area contributed by atoms with E-state index in [-0.39, 0.29) is 28.2 Å². The molecule has 1 unspecified atom stereocenters. The Bertz CT molecular complexity index is 1590. The maximum absolute atomic E-state index is 15.4. The number of fused-ring (bicyclic) bond motifs is 1. The van der Waals surface area contributed by atoms with Crippen LogP contribution in [-0.4, -0.2) is 20.3 Å². The zero-order valence-electron chi connectivity index (χ0n) is 22.8. The van der Waals surface area contributed by atoms with Gasteiger partial charge in [-0.05, 0) is 82.1 Å². The SMILES string of the molecule is Cc1c(F)c(C(C)NC2(C)CCC2)cc2c(=O)c(-c3cccc(C4(c5nncn5C)CC(C)C4)c3)coc12. The molecule has 0 bridgehead atoms. The molecular weight excluding hydrogens is 479 g/mol. The first-order chi connectivity index (χ1) is 18.1. The minimum absolute atomic E-state index is 0.0133. The molecule has 2 heterocycles. The second kappa shape index (κ2) is 8.87. The Labute approximate surface area is 222 Å². The molecule has 2 fully saturated rings. The van der Waals surface area contributed by atoms with Gasteiger partial charge in [0.05, 0.1) is 16.4 Å². The number of benzene rings is 2. The summed E-state index contributed by atoms with van der Waals surface area (Å²) in [5.74, 6) is 1.20. The van der Waals surface area contributed by atoms with Crippen LogP contribution < -0.4 is 10.7 Å². The highest BCUT2D eigenvalue weighted by Gasteiger charge is 2.48. The van der Waals surface area contributed by atoms with Crippen molar-refractivity contribution in [1.29, 1.82) is 0 Å². The second-order valence-corrected chi connectivity index (χ2v) is 12.0. The van der Waals surface area contributed by atoms with Crippen molar-refractivity contribution in [3.8, 4) is 11.1 Å². The largest absolute Gasteiger partial charge is 0.463 e. The molecule has 2 aromatic carbocycles. The molecule has 1 atom stereocenters. The van der Waals surface area contributed by atoms with Crippen molar-refractivity contribution >= 4 is 11.0 Å². The lowest BCUT2D eigenvalue weighted by Crippen LogP contribution is -2.49. The van der Waals surface area contributed by atoms with Gasteiger partial charge in [-0.15, -0.1) is 10.2 Å². The molecule has 2 saturated carbocycles. The number of hydrogen-bond donors (Lipinski definition) is 1. The van der Waals surface area contributed by atoms with Gasteiger partial charge in [-0.3, -0.25) is 4.79 Å². The van der Waals surface area contributed by atoms with Crippen molar-refractivity contribution in [3.63, 3.8) is 0 Å². The Kier molecular flexibility index (Phi) is 5.83. The second-order valence-electron chi connectivity index (χ2n) is 12.0. The summed E-state index contributed by atoms with van der Waals surface area (Å²) in [6.45, 7) is 8.07. The molecule has 4 aromatic rings. The Hall–Kier alpha value is -3.32. The van der Waals surface area contributed by atoms with E-state index in [4.69, 9.17) is 4.42 Å². The average molecular weight is 515 g/mol. The Morgan fingerprint density at radius 1 is 1.24 bits per heavy atom. The van der Waals surface area contributed by atoms with E-state index < -0.39 is 0 Å². The quantitative estimate of drug-likeness (QED) is 0.325. The topological polar surface area (TPSA) is 73.0 Å². The third kappa shape index (κ3) is 3.82. The van der Waals surface area contributed by atoms with Gasteiger partial charge in [-0.2, -0.15) is 0 Å². The highest BCUT2D eigenvalue weighted by Crippen LogP contribution is 2.51. The third-order valence-electron chi connectivity index (χ3n) is 9.00. The number of halogens is 1. The van der Waals surface area contributed by atoms with Crippen LogP contribution in [0.15, 0.2) is 52.1 Å². The van der Waals surface area contributed by atoms with E-state index in [1.165, 1.54) is 12.7 Å². The van der Waals surface area contributed by atoms with E-state index in [1.807, 2.05) is 30.7 Å². The van der Waals surface area contributed by atoms with Gasteiger partial charge in [-0.25, -0.2) is 4.39 Å². The van der Waals surface area contributed by atoms with Crippen LogP contribution in [-0.2, 0) is 12.5 Å². The van der Waals surface area contributed by atoms with Gasteiger partial charge in [0.2, 0.25) is 5.43 Å². The minimum Gasteiger partial charge on any atom is -0.463 e. The minimum atomic E-state index is -0.317. The lowest BCUT2D eigenvalue weighted by atomic mass is 9.58. The molecule has 2 aromatic heterocycles. The van der Waals surface area contributed by atoms with Crippen LogP contribution in [0.3, 0.4) is 0 Å². The summed E-state index contributed by atoms with van der Waals surface area (Å²) in [6.07, 6.45) is 8.49. The third-order valence-corrected chi connectivity index (χ3v) is 9.00. The van der Waals surface area contributed by atoms with Crippen molar-refractivity contribution in [2.24, 2.45) is 13.0 Å². The van der Waals surface area contributed by atoms with E-state index in [9.17, 15) is 4.79 Å². The van der Waals surface area contributed by atoms with E-state index >= 15 is 4.39 Å². The molecule has 0 aliphatic heterocycles. The zero-order valence-corrected chi connectivity index (χ0v) is 22.8. The van der Waals surface area contributed by atoms with Gasteiger partial charge in [0, 0.05) is 29.8 Å². The van der Waals surface area contributed by atoms with Crippen LogP contribution in [0.5, 0.6) is 0 Å². The monoisotopic (exact) mass is 514 g/mol. The number of aromatic nitrogens is 3. The van der Waals surface area contributed by atoms with Gasteiger partial charge in [0.15, 0.2) is 0 Å². The Balaban J connectivity index is 1.44. The van der Waals surface area contributed by atoms with Crippen molar-refractivity contribution in [1.82, 2.24) is 20.1 Å². The molecule has 0 radical (unpaired) electrons. The fourth-order valence-electron chi connectivity index (χ4n) is 6.78. The molecule has 1 N–H and O–H groups in total. The molecule has 0 saturated heterocycles. The van der Waals surface area contributed by atoms with Crippen LogP contribution in [0.4, 0.5) is 4.39 Å². The van der Waals surface area contributed by atoms with Crippen molar-refractivity contribution in [3.05, 3.63) is 81.5 Å². The highest BCUT2D eigenvalue weighted by molar-refractivity contribution is 5.85. The predicted molar refractivity (Wildman–Crippen MR) is 147 cm³/mol. The van der Waals surface area contributed by atoms with Gasteiger partial charge >= 0.3 is 0 Å². The normalized spacial score (nSPS) is 23.2. The van der Waals surface area contributed by atoms with E-state index in [2.05, 4.69) is 41.5 Å². The molecule has 0 spiro atoms. The van der Waals surface area contributed by atoms with Crippen LogP contribution in [0.25, 0.3) is 22.1 Å². The van der Waals surface area contributed by atoms with Crippen molar-refractivity contribution in [2.75, 3.05) is 0 Å². The highest BCUT2D eigenvalue weighted by atomic mass is 19.1. The van der Waals surface area contributed by atoms with Crippen molar-refractivity contribution in [2.45, 2.75) is 76.8 Å². The van der Waals surface area contributed by atoms with Crippen LogP contribution in [0, 0.1) is 18.7 Å². The number of nitrogens with one attached hydrogen (secondary N) is 1. The average Bonchev–Trinajstić information content (AvgIpc) is 3.29. The van der Waals surface area contributed by atoms with E-state index in [1.54, 1.807) is 19.3 Å². The summed E-state index contributed by atoms with van der Waals surface area (Å²) in [7, 11) is 1.97. The standard InChI is InChI=1S/C31H35FN4O2/c1-18-14-31(15-18,29-35-33-17-36(29)5)22-9-6-8-21(12-22)25-16-38-28-19(2)26(32)23(13-24(28)27(25)37)20(3)34-30(4)10-7-11-30/h6,8-9,12-13,16-18,20,34H,7,10-11,14-15H2,1-5H3. The molecule has 198 valence electrons. The lowest BCUT2D eigenvalue weighted by Gasteiger charge is -2.46. The number of aryl methyl sites for hydroxylation is 2. The maximum Gasteiger partial charge on any atom is 0.200 e. The van der Waals surface area contributed by atoms with E-state index in [0.717, 1.165) is 42.6 Å². The molecule has 6 nitrogen and oxygen atoms in total. The Morgan fingerprint density at radius 3 is 2.63 bits per heavy atom. The summed E-state index contributed by atoms with van der Waals surface area (Å²) in [4.78, 5) is 13.9. The molecule has 2 aliphatic rings. The summed E-state index contributed by atoms with van der Waals surface area (Å²) in [5.41, 5.74) is 3.19. The van der Waals surface area contributed by atoms with Gasteiger partial charge in [-0.1, -0.05) is 25.1 Å². The number of rotatable bonds is 6. The molecular formula is C31H35FN4O2. The summed E-state index contributed by atoms with van der Waals surface area (Å²) < 4.78 is 23.4. The van der Waals surface area contributed by atoms with E-state index in [0.29, 0.717) is 33.6 Å². The number of nitrogens with zero attached hydrogens (tertiary/aromatic N) is 3. The maximum atomic E-state index is 15.4. The fourth-order valence-corrected chi connectivity index (χ4v) is 6.78. The molecule has 7 heteroatoms. The molecule has 6 rings (SSSR count). The van der Waals surface area contributed by atoms with Crippen LogP contribution >= 0.6 is 0 Å². The Morgan fingerprint density at radius 2 is 2.00 bits per heavy atom. The first-order valence-corrected chi connectivity index (χ1v) is 13.6. The van der Waals surface area contributed by atoms with Gasteiger partial charge in [0.1, 0.15) is 29.8 Å². The van der Waals surface area contributed by atoms with Gasteiger partial charge < -0.3 is 14.3 Å². The lowest BCUT2D eigenvalue weighted by molar-refractivity contribution is 0.185. The van der Waals surface area contributed by atoms with Crippen molar-refractivity contribution < 1.29 is 8.81 Å².